The van der Waals surface area contributed by atoms with Crippen LogP contribution in [-0.4, -0.2) is 11.1 Å². The molecule has 1 aromatic carbocycles. The van der Waals surface area contributed by atoms with E-state index in [-0.39, 0.29) is 0 Å². The molecule has 0 aliphatic heterocycles. The fraction of sp³-hybridized carbons (Fsp3) is 0.400. The van der Waals surface area contributed by atoms with Crippen LogP contribution < -0.4 is 5.32 Å². The Morgan fingerprint density at radius 3 is 3.00 bits per heavy atom. The van der Waals surface area contributed by atoms with Crippen LogP contribution in [0.3, 0.4) is 0 Å². The van der Waals surface area contributed by atoms with Gasteiger partial charge in [0.05, 0.1) is 11.6 Å². The van der Waals surface area contributed by atoms with Gasteiger partial charge in [0.2, 0.25) is 0 Å². The number of para-hydroxylation sites is 1. The maximum atomic E-state index is 8.61. The number of hydrogen-bond donors (Lipinski definition) is 1. The summed E-state index contributed by atoms with van der Waals surface area (Å²) in [4.78, 5) is 0. The first-order valence-electron chi connectivity index (χ1n) is 6.51. The molecule has 0 unspecified atom stereocenters. The molecule has 2 aromatic rings. The molecular weight excluding hydrogens is 222 g/mol. The van der Waals surface area contributed by atoms with E-state index in [1.54, 1.807) is 0 Å². The van der Waals surface area contributed by atoms with Crippen LogP contribution >= 0.6 is 0 Å². The molecule has 0 amide bonds. The summed E-state index contributed by atoms with van der Waals surface area (Å²) < 4.78 is 2.26. The second-order valence-corrected chi connectivity index (χ2v) is 4.41. The first-order chi connectivity index (χ1) is 8.86. The van der Waals surface area contributed by atoms with E-state index in [0.717, 1.165) is 26.1 Å². The average molecular weight is 241 g/mol. The van der Waals surface area contributed by atoms with E-state index in [1.165, 1.54) is 16.5 Å². The molecule has 1 N–H and O–H groups in total. The highest BCUT2D eigenvalue weighted by Crippen LogP contribution is 2.21. The number of fused-ring (bicyclic) bond motifs is 1. The zero-order valence-electron chi connectivity index (χ0n) is 10.8. The van der Waals surface area contributed by atoms with E-state index in [0.29, 0.717) is 6.42 Å². The first-order valence-corrected chi connectivity index (χ1v) is 6.51. The highest BCUT2D eigenvalue weighted by atomic mass is 15.0. The molecular formula is C15H19N3. The summed E-state index contributed by atoms with van der Waals surface area (Å²) in [5.41, 5.74) is 2.63. The third-order valence-electron chi connectivity index (χ3n) is 3.13. The second-order valence-electron chi connectivity index (χ2n) is 4.41. The van der Waals surface area contributed by atoms with Gasteiger partial charge >= 0.3 is 0 Å². The molecule has 18 heavy (non-hydrogen) atoms. The Bertz CT molecular complexity index is 548. The van der Waals surface area contributed by atoms with Crippen molar-refractivity contribution < 1.29 is 0 Å². The van der Waals surface area contributed by atoms with Gasteiger partial charge in [-0.25, -0.2) is 0 Å². The fourth-order valence-corrected chi connectivity index (χ4v) is 2.26. The minimum absolute atomic E-state index is 0.620. The predicted molar refractivity (Wildman–Crippen MR) is 74.2 cm³/mol. The third-order valence-corrected chi connectivity index (χ3v) is 3.13. The van der Waals surface area contributed by atoms with Crippen molar-refractivity contribution in [1.29, 1.82) is 5.26 Å². The lowest BCUT2D eigenvalue weighted by atomic mass is 10.1. The summed E-state index contributed by atoms with van der Waals surface area (Å²) in [6.45, 7) is 4.91. The number of nitrogens with one attached hydrogen (secondary N) is 1. The number of aromatic nitrogens is 1. The highest BCUT2D eigenvalue weighted by molar-refractivity contribution is 5.83. The van der Waals surface area contributed by atoms with Gasteiger partial charge in [-0.2, -0.15) is 5.26 Å². The number of rotatable bonds is 6. The smallest absolute Gasteiger partial charge is 0.0622 e. The summed E-state index contributed by atoms with van der Waals surface area (Å²) in [6.07, 6.45) is 3.66. The molecule has 0 atom stereocenters. The second kappa shape index (κ2) is 6.23. The topological polar surface area (TPSA) is 40.8 Å². The number of aryl methyl sites for hydroxylation is 1. The number of benzene rings is 1. The van der Waals surface area contributed by atoms with E-state index >= 15 is 0 Å². The van der Waals surface area contributed by atoms with E-state index in [9.17, 15) is 0 Å². The van der Waals surface area contributed by atoms with Crippen molar-refractivity contribution >= 4 is 10.9 Å². The van der Waals surface area contributed by atoms with Gasteiger partial charge < -0.3 is 9.88 Å². The molecule has 0 aliphatic carbocycles. The number of nitrogens with zero attached hydrogens (tertiary/aromatic N) is 2. The SMILES string of the molecule is CCNCc1cccc2ccn(CCCC#N)c12. The Morgan fingerprint density at radius 1 is 1.33 bits per heavy atom. The largest absolute Gasteiger partial charge is 0.347 e. The van der Waals surface area contributed by atoms with Crippen LogP contribution in [0.25, 0.3) is 10.9 Å². The summed E-state index contributed by atoms with van der Waals surface area (Å²) in [5.74, 6) is 0. The van der Waals surface area contributed by atoms with Crippen LogP contribution in [0.5, 0.6) is 0 Å². The standard InChI is InChI=1S/C15H19N3/c1-2-17-12-14-7-5-6-13-8-11-18(15(13)14)10-4-3-9-16/h5-8,11,17H,2-4,10,12H2,1H3. The molecule has 1 heterocycles. The monoisotopic (exact) mass is 241 g/mol. The van der Waals surface area contributed by atoms with Gasteiger partial charge in [-0.05, 0) is 30.0 Å². The van der Waals surface area contributed by atoms with Crippen molar-refractivity contribution in [3.8, 4) is 6.07 Å². The molecule has 94 valence electrons. The van der Waals surface area contributed by atoms with Crippen LogP contribution in [-0.2, 0) is 13.1 Å². The zero-order valence-corrected chi connectivity index (χ0v) is 10.8. The first kappa shape index (κ1) is 12.7. The molecule has 3 nitrogen and oxygen atoms in total. The van der Waals surface area contributed by atoms with Gasteiger partial charge in [0.15, 0.2) is 0 Å². The van der Waals surface area contributed by atoms with Gasteiger partial charge in [0.1, 0.15) is 0 Å². The van der Waals surface area contributed by atoms with Gasteiger partial charge in [-0.3, -0.25) is 0 Å². The molecule has 0 fully saturated rings. The maximum absolute atomic E-state index is 8.61. The zero-order chi connectivity index (χ0) is 12.8. The van der Waals surface area contributed by atoms with Crippen LogP contribution in [0.15, 0.2) is 30.5 Å². The molecule has 0 saturated heterocycles. The van der Waals surface area contributed by atoms with Crippen molar-refractivity contribution in [3.05, 3.63) is 36.0 Å². The van der Waals surface area contributed by atoms with Gasteiger partial charge in [-0.1, -0.05) is 25.1 Å². The molecule has 2 rings (SSSR count). The Labute approximate surface area is 108 Å². The summed E-state index contributed by atoms with van der Waals surface area (Å²) in [7, 11) is 0. The molecule has 0 bridgehead atoms. The number of hydrogen-bond acceptors (Lipinski definition) is 2. The highest BCUT2D eigenvalue weighted by Gasteiger charge is 2.05. The molecule has 0 radical (unpaired) electrons. The Hall–Kier alpha value is -1.79. The summed E-state index contributed by atoms with van der Waals surface area (Å²) in [5, 5.41) is 13.3. The minimum atomic E-state index is 0.620. The van der Waals surface area contributed by atoms with Gasteiger partial charge in [0, 0.05) is 25.7 Å². The Balaban J connectivity index is 2.27. The fourth-order valence-electron chi connectivity index (χ4n) is 2.26. The summed E-state index contributed by atoms with van der Waals surface area (Å²) >= 11 is 0. The van der Waals surface area contributed by atoms with Crippen LogP contribution in [0.4, 0.5) is 0 Å². The number of unbranched alkanes of at least 4 members (excludes halogenated alkanes) is 1. The van der Waals surface area contributed by atoms with Crippen LogP contribution in [0.2, 0.25) is 0 Å². The van der Waals surface area contributed by atoms with Crippen molar-refractivity contribution in [1.82, 2.24) is 9.88 Å². The van der Waals surface area contributed by atoms with Crippen molar-refractivity contribution in [2.24, 2.45) is 0 Å². The lowest BCUT2D eigenvalue weighted by Gasteiger charge is -2.09. The Kier molecular flexibility index (Phi) is 4.38. The van der Waals surface area contributed by atoms with Gasteiger partial charge in [0.25, 0.3) is 0 Å². The van der Waals surface area contributed by atoms with E-state index in [2.05, 4.69) is 53.3 Å². The Morgan fingerprint density at radius 2 is 2.22 bits per heavy atom. The van der Waals surface area contributed by atoms with E-state index < -0.39 is 0 Å². The summed E-state index contributed by atoms with van der Waals surface area (Å²) in [6, 6.07) is 10.8. The quantitative estimate of drug-likeness (QED) is 0.790. The predicted octanol–water partition coefficient (Wildman–Crippen LogP) is 3.05. The molecule has 1 aromatic heterocycles. The lowest BCUT2D eigenvalue weighted by molar-refractivity contribution is 0.667. The van der Waals surface area contributed by atoms with Crippen molar-refractivity contribution in [2.75, 3.05) is 6.54 Å². The molecule has 3 heteroatoms. The normalized spacial score (nSPS) is 10.7. The van der Waals surface area contributed by atoms with E-state index in [1.807, 2.05) is 0 Å². The minimum Gasteiger partial charge on any atom is -0.347 e. The van der Waals surface area contributed by atoms with Crippen LogP contribution in [0, 0.1) is 11.3 Å². The van der Waals surface area contributed by atoms with E-state index in [4.69, 9.17) is 5.26 Å². The lowest BCUT2D eigenvalue weighted by Crippen LogP contribution is -2.12. The number of nitriles is 1. The van der Waals surface area contributed by atoms with Crippen LogP contribution in [0.1, 0.15) is 25.3 Å². The average Bonchev–Trinajstić information content (AvgIpc) is 2.81. The third kappa shape index (κ3) is 2.72. The molecule has 0 spiro atoms. The molecule has 0 aliphatic rings. The van der Waals surface area contributed by atoms with Crippen molar-refractivity contribution in [3.63, 3.8) is 0 Å². The van der Waals surface area contributed by atoms with Gasteiger partial charge in [-0.15, -0.1) is 0 Å². The molecule has 0 saturated carbocycles. The maximum Gasteiger partial charge on any atom is 0.0622 e. The van der Waals surface area contributed by atoms with Crippen molar-refractivity contribution in [2.45, 2.75) is 32.9 Å².